The summed E-state index contributed by atoms with van der Waals surface area (Å²) in [6.45, 7) is 0.377. The molecule has 9 heteroatoms. The van der Waals surface area contributed by atoms with E-state index in [2.05, 4.69) is 25.3 Å². The lowest BCUT2D eigenvalue weighted by atomic mass is 10.2. The van der Waals surface area contributed by atoms with E-state index < -0.39 is 5.82 Å². The summed E-state index contributed by atoms with van der Waals surface area (Å²) in [5.41, 5.74) is 8.34. The number of ether oxygens (including phenoxy) is 1. The van der Waals surface area contributed by atoms with E-state index in [1.807, 2.05) is 12.1 Å². The van der Waals surface area contributed by atoms with Crippen molar-refractivity contribution in [3.8, 4) is 11.5 Å². The second-order valence-electron chi connectivity index (χ2n) is 5.00. The molecule has 116 valence electrons. The van der Waals surface area contributed by atoms with Crippen molar-refractivity contribution < 1.29 is 9.13 Å². The smallest absolute Gasteiger partial charge is 0.203 e. The fourth-order valence-corrected chi connectivity index (χ4v) is 2.48. The van der Waals surface area contributed by atoms with Crippen LogP contribution in [0.5, 0.6) is 0 Å². The van der Waals surface area contributed by atoms with Crippen molar-refractivity contribution in [3.63, 3.8) is 0 Å². The van der Waals surface area contributed by atoms with Gasteiger partial charge in [0.2, 0.25) is 5.82 Å². The Hall–Kier alpha value is -3.07. The molecule has 4 aromatic heterocycles. The average Bonchev–Trinajstić information content (AvgIpc) is 3.12. The molecule has 23 heavy (non-hydrogen) atoms. The first-order chi connectivity index (χ1) is 11.2. The molecule has 0 spiro atoms. The molecule has 0 aromatic carbocycles. The Morgan fingerprint density at radius 1 is 1.39 bits per heavy atom. The number of H-pyrrole nitrogens is 1. The molecule has 0 radical (unpaired) electrons. The second kappa shape index (κ2) is 4.99. The van der Waals surface area contributed by atoms with E-state index in [-0.39, 0.29) is 5.82 Å². The van der Waals surface area contributed by atoms with Gasteiger partial charge in [-0.25, -0.2) is 18.9 Å². The number of nitrogens with two attached hydrogens (primary N) is 1. The number of rotatable bonds is 3. The van der Waals surface area contributed by atoms with Crippen molar-refractivity contribution in [1.82, 2.24) is 29.8 Å². The predicted molar refractivity (Wildman–Crippen MR) is 81.0 cm³/mol. The molecule has 3 N–H and O–H groups in total. The Morgan fingerprint density at radius 2 is 2.26 bits per heavy atom. The Balaban J connectivity index is 1.97. The SMILES string of the molecule is COCc1ccc2c(N)nc(-c3n[nH]c4ncc(F)cc34)nn12. The molecule has 4 aromatic rings. The fraction of sp³-hybridized carbons (Fsp3) is 0.143. The van der Waals surface area contributed by atoms with Crippen LogP contribution in [0.4, 0.5) is 10.2 Å². The number of aromatic amines is 1. The first kappa shape index (κ1) is 13.6. The first-order valence-electron chi connectivity index (χ1n) is 6.80. The minimum absolute atomic E-state index is 0.280. The molecule has 0 aliphatic heterocycles. The summed E-state index contributed by atoms with van der Waals surface area (Å²) in [5, 5.41) is 11.8. The van der Waals surface area contributed by atoms with Crippen LogP contribution in [0.3, 0.4) is 0 Å². The van der Waals surface area contributed by atoms with Crippen molar-refractivity contribution in [1.29, 1.82) is 0 Å². The molecule has 0 atom stereocenters. The third-order valence-electron chi connectivity index (χ3n) is 3.50. The summed E-state index contributed by atoms with van der Waals surface area (Å²) in [5.74, 6) is 0.121. The van der Waals surface area contributed by atoms with E-state index in [9.17, 15) is 4.39 Å². The lowest BCUT2D eigenvalue weighted by molar-refractivity contribution is 0.180. The number of nitrogen functional groups attached to an aromatic ring is 1. The van der Waals surface area contributed by atoms with E-state index in [4.69, 9.17) is 10.5 Å². The van der Waals surface area contributed by atoms with Gasteiger partial charge in [-0.2, -0.15) is 5.10 Å². The molecule has 4 rings (SSSR count). The van der Waals surface area contributed by atoms with Crippen molar-refractivity contribution >= 4 is 22.4 Å². The van der Waals surface area contributed by atoms with Gasteiger partial charge in [0.25, 0.3) is 0 Å². The van der Waals surface area contributed by atoms with Gasteiger partial charge in [-0.05, 0) is 18.2 Å². The number of nitrogens with zero attached hydrogens (tertiary/aromatic N) is 5. The normalized spacial score (nSPS) is 11.6. The van der Waals surface area contributed by atoms with Gasteiger partial charge in [0.1, 0.15) is 17.0 Å². The fourth-order valence-electron chi connectivity index (χ4n) is 2.48. The molecular formula is C14H12FN7O. The molecule has 0 saturated heterocycles. The Labute approximate surface area is 129 Å². The molecule has 0 unspecified atom stereocenters. The Kier molecular flexibility index (Phi) is 2.95. The summed E-state index contributed by atoms with van der Waals surface area (Å²) in [4.78, 5) is 8.21. The molecular weight excluding hydrogens is 301 g/mol. The predicted octanol–water partition coefficient (Wildman–Crippen LogP) is 1.54. The highest BCUT2D eigenvalue weighted by Crippen LogP contribution is 2.25. The zero-order chi connectivity index (χ0) is 16.0. The monoisotopic (exact) mass is 313 g/mol. The lowest BCUT2D eigenvalue weighted by Gasteiger charge is -2.05. The zero-order valence-corrected chi connectivity index (χ0v) is 12.1. The van der Waals surface area contributed by atoms with Gasteiger partial charge in [-0.1, -0.05) is 0 Å². The molecule has 8 nitrogen and oxygen atoms in total. The molecule has 0 aliphatic rings. The van der Waals surface area contributed by atoms with E-state index in [1.54, 1.807) is 11.6 Å². The number of nitrogens with one attached hydrogen (secondary N) is 1. The third-order valence-corrected chi connectivity index (χ3v) is 3.50. The first-order valence-corrected chi connectivity index (χ1v) is 6.80. The van der Waals surface area contributed by atoms with Crippen LogP contribution in [0, 0.1) is 5.82 Å². The molecule has 0 fully saturated rings. The van der Waals surface area contributed by atoms with Crippen molar-refractivity contribution in [2.75, 3.05) is 12.8 Å². The van der Waals surface area contributed by atoms with Crippen molar-refractivity contribution in [3.05, 3.63) is 35.9 Å². The van der Waals surface area contributed by atoms with Gasteiger partial charge in [0.05, 0.1) is 23.9 Å². The summed E-state index contributed by atoms with van der Waals surface area (Å²) in [7, 11) is 1.60. The minimum Gasteiger partial charge on any atom is -0.382 e. The number of hydrogen-bond donors (Lipinski definition) is 2. The third kappa shape index (κ3) is 2.09. The highest BCUT2D eigenvalue weighted by Gasteiger charge is 2.16. The van der Waals surface area contributed by atoms with Gasteiger partial charge < -0.3 is 10.5 Å². The number of halogens is 1. The van der Waals surface area contributed by atoms with Crippen LogP contribution >= 0.6 is 0 Å². The quantitative estimate of drug-likeness (QED) is 0.594. The molecule has 0 saturated carbocycles. The number of pyridine rings is 1. The number of methoxy groups -OCH3 is 1. The number of hydrogen-bond acceptors (Lipinski definition) is 6. The maximum absolute atomic E-state index is 13.5. The van der Waals surface area contributed by atoms with Crippen LogP contribution in [0.15, 0.2) is 24.4 Å². The summed E-state index contributed by atoms with van der Waals surface area (Å²) in [6.07, 6.45) is 1.12. The van der Waals surface area contributed by atoms with Crippen molar-refractivity contribution in [2.24, 2.45) is 0 Å². The van der Waals surface area contributed by atoms with E-state index >= 15 is 0 Å². The highest BCUT2D eigenvalue weighted by atomic mass is 19.1. The van der Waals surface area contributed by atoms with Crippen LogP contribution in [0.25, 0.3) is 28.1 Å². The van der Waals surface area contributed by atoms with Crippen LogP contribution in [0.2, 0.25) is 0 Å². The van der Waals surface area contributed by atoms with Gasteiger partial charge in [0, 0.05) is 7.11 Å². The summed E-state index contributed by atoms with van der Waals surface area (Å²) >= 11 is 0. The van der Waals surface area contributed by atoms with Gasteiger partial charge in [0.15, 0.2) is 11.5 Å². The Bertz CT molecular complexity index is 1020. The van der Waals surface area contributed by atoms with E-state index in [0.717, 1.165) is 11.9 Å². The van der Waals surface area contributed by atoms with Gasteiger partial charge >= 0.3 is 0 Å². The maximum atomic E-state index is 13.5. The number of fused-ring (bicyclic) bond motifs is 2. The van der Waals surface area contributed by atoms with Crippen LogP contribution in [-0.2, 0) is 11.3 Å². The second-order valence-corrected chi connectivity index (χ2v) is 5.00. The van der Waals surface area contributed by atoms with Crippen molar-refractivity contribution in [2.45, 2.75) is 6.61 Å². The maximum Gasteiger partial charge on any atom is 0.203 e. The standard InChI is InChI=1S/C14H12FN7O/c1-23-6-8-2-3-10-12(16)18-14(21-22(8)10)11-9-4-7(15)5-17-13(9)20-19-11/h2-5H,6H2,1H3,(H2,16,18,21)(H,17,19,20). The van der Waals surface area contributed by atoms with Gasteiger partial charge in [-0.3, -0.25) is 5.10 Å². The molecule has 0 aliphatic carbocycles. The van der Waals surface area contributed by atoms with E-state index in [1.165, 1.54) is 6.07 Å². The van der Waals surface area contributed by atoms with Crippen LogP contribution < -0.4 is 5.73 Å². The molecule has 0 bridgehead atoms. The zero-order valence-electron chi connectivity index (χ0n) is 12.1. The largest absolute Gasteiger partial charge is 0.382 e. The number of aromatic nitrogens is 6. The molecule has 0 amide bonds. The summed E-state index contributed by atoms with van der Waals surface area (Å²) < 4.78 is 20.3. The van der Waals surface area contributed by atoms with Crippen LogP contribution in [0.1, 0.15) is 5.69 Å². The number of anilines is 1. The lowest BCUT2D eigenvalue weighted by Crippen LogP contribution is -2.06. The highest BCUT2D eigenvalue weighted by molar-refractivity contribution is 5.89. The summed E-state index contributed by atoms with van der Waals surface area (Å²) in [6, 6.07) is 5.01. The average molecular weight is 313 g/mol. The Morgan fingerprint density at radius 3 is 3.09 bits per heavy atom. The van der Waals surface area contributed by atoms with E-state index in [0.29, 0.717) is 34.7 Å². The topological polar surface area (TPSA) is 107 Å². The molecule has 4 heterocycles. The van der Waals surface area contributed by atoms with Crippen LogP contribution in [-0.4, -0.2) is 36.9 Å². The van der Waals surface area contributed by atoms with Gasteiger partial charge in [-0.15, -0.1) is 5.10 Å². The minimum atomic E-state index is -0.463.